The fraction of sp³-hybridized carbons (Fsp3) is 0.133. The third kappa shape index (κ3) is 3.63. The van der Waals surface area contributed by atoms with Crippen molar-refractivity contribution in [1.82, 2.24) is 0 Å². The Balaban J connectivity index is 1.88. The third-order valence-electron chi connectivity index (χ3n) is 2.57. The summed E-state index contributed by atoms with van der Waals surface area (Å²) in [5.41, 5.74) is 2.07. The molecule has 0 saturated carbocycles. The van der Waals surface area contributed by atoms with Gasteiger partial charge in [-0.05, 0) is 23.3 Å². The van der Waals surface area contributed by atoms with Gasteiger partial charge in [-0.15, -0.1) is 0 Å². The van der Waals surface area contributed by atoms with Gasteiger partial charge >= 0.3 is 0 Å². The first-order valence-corrected chi connectivity index (χ1v) is 5.83. The Morgan fingerprint density at radius 1 is 1.06 bits per heavy atom. The van der Waals surface area contributed by atoms with E-state index in [2.05, 4.69) is 17.3 Å². The summed E-state index contributed by atoms with van der Waals surface area (Å²) in [7, 11) is 0. The van der Waals surface area contributed by atoms with Crippen LogP contribution in [0.3, 0.4) is 0 Å². The van der Waals surface area contributed by atoms with Crippen LogP contribution < -0.4 is 4.74 Å². The average Bonchev–Trinajstić information content (AvgIpc) is 2.41. The van der Waals surface area contributed by atoms with Crippen LogP contribution in [0.4, 0.5) is 0 Å². The molecule has 3 nitrogen and oxygen atoms in total. The van der Waals surface area contributed by atoms with Gasteiger partial charge in [-0.2, -0.15) is 0 Å². The number of ether oxygens (including phenoxy) is 1. The molecule has 0 amide bonds. The van der Waals surface area contributed by atoms with Gasteiger partial charge in [0.05, 0.1) is 12.8 Å². The summed E-state index contributed by atoms with van der Waals surface area (Å²) >= 11 is 0. The van der Waals surface area contributed by atoms with Crippen LogP contribution in [-0.4, -0.2) is 18.0 Å². The molecular weight excluding hydrogens is 226 g/mol. The summed E-state index contributed by atoms with van der Waals surface area (Å²) in [4.78, 5) is 0. The molecule has 0 heterocycles. The van der Waals surface area contributed by atoms with E-state index in [0.717, 1.165) is 17.7 Å². The Labute approximate surface area is 106 Å². The topological polar surface area (TPSA) is 41.8 Å². The van der Waals surface area contributed by atoms with E-state index in [4.69, 9.17) is 9.94 Å². The zero-order valence-corrected chi connectivity index (χ0v) is 9.99. The Morgan fingerprint density at radius 3 is 2.67 bits per heavy atom. The zero-order valence-electron chi connectivity index (χ0n) is 9.99. The number of benzene rings is 2. The lowest BCUT2D eigenvalue weighted by Crippen LogP contribution is -2.01. The van der Waals surface area contributed by atoms with Crippen LogP contribution in [0, 0.1) is 0 Å². The van der Waals surface area contributed by atoms with Gasteiger partial charge < -0.3 is 9.94 Å². The van der Waals surface area contributed by atoms with E-state index in [1.165, 1.54) is 11.8 Å². The lowest BCUT2D eigenvalue weighted by atomic mass is 10.2. The summed E-state index contributed by atoms with van der Waals surface area (Å²) in [6.45, 7) is 0.629. The smallest absolute Gasteiger partial charge is 0.119 e. The van der Waals surface area contributed by atoms with Crippen LogP contribution in [0.2, 0.25) is 0 Å². The molecule has 0 bridgehead atoms. The monoisotopic (exact) mass is 241 g/mol. The molecule has 0 aliphatic rings. The van der Waals surface area contributed by atoms with Crippen LogP contribution in [-0.2, 0) is 6.42 Å². The van der Waals surface area contributed by atoms with Crippen molar-refractivity contribution in [3.05, 3.63) is 65.7 Å². The maximum Gasteiger partial charge on any atom is 0.119 e. The van der Waals surface area contributed by atoms with Gasteiger partial charge in [0.2, 0.25) is 0 Å². The molecule has 0 radical (unpaired) electrons. The minimum absolute atomic E-state index is 0.629. The molecule has 18 heavy (non-hydrogen) atoms. The number of hydrogen-bond donors (Lipinski definition) is 1. The van der Waals surface area contributed by atoms with Gasteiger partial charge in [-0.25, -0.2) is 0 Å². The van der Waals surface area contributed by atoms with Crippen molar-refractivity contribution in [3.63, 3.8) is 0 Å². The standard InChI is InChI=1S/C15H15NO2/c17-16-12-14-7-4-8-15(11-14)18-10-9-13-5-2-1-3-6-13/h1-8,11-12,17H,9-10H2. The summed E-state index contributed by atoms with van der Waals surface area (Å²) in [6.07, 6.45) is 2.25. The Hall–Kier alpha value is -2.29. The predicted molar refractivity (Wildman–Crippen MR) is 71.5 cm³/mol. The fourth-order valence-electron chi connectivity index (χ4n) is 1.68. The van der Waals surface area contributed by atoms with E-state index in [1.54, 1.807) is 0 Å². The van der Waals surface area contributed by atoms with Crippen molar-refractivity contribution in [2.24, 2.45) is 5.16 Å². The largest absolute Gasteiger partial charge is 0.493 e. The molecule has 0 spiro atoms. The molecule has 0 aliphatic heterocycles. The van der Waals surface area contributed by atoms with Crippen LogP contribution in [0.15, 0.2) is 59.8 Å². The Kier molecular flexibility index (Phi) is 4.36. The molecule has 0 unspecified atom stereocenters. The molecule has 2 aromatic carbocycles. The summed E-state index contributed by atoms with van der Waals surface area (Å²) in [6, 6.07) is 17.7. The first-order valence-electron chi connectivity index (χ1n) is 5.83. The van der Waals surface area contributed by atoms with Crippen LogP contribution in [0.1, 0.15) is 11.1 Å². The van der Waals surface area contributed by atoms with Gasteiger partial charge in [-0.3, -0.25) is 0 Å². The number of oxime groups is 1. The normalized spacial score (nSPS) is 10.7. The molecule has 0 aliphatic carbocycles. The number of hydrogen-bond acceptors (Lipinski definition) is 3. The average molecular weight is 241 g/mol. The maximum absolute atomic E-state index is 8.46. The van der Waals surface area contributed by atoms with Gasteiger partial charge in [0, 0.05) is 6.42 Å². The molecule has 3 heteroatoms. The Bertz CT molecular complexity index is 509. The van der Waals surface area contributed by atoms with E-state index in [1.807, 2.05) is 42.5 Å². The summed E-state index contributed by atoms with van der Waals surface area (Å²) in [5.74, 6) is 0.781. The minimum atomic E-state index is 0.629. The SMILES string of the molecule is ON=Cc1cccc(OCCc2ccccc2)c1. The van der Waals surface area contributed by atoms with Gasteiger partial charge in [0.15, 0.2) is 0 Å². The second-order valence-corrected chi connectivity index (χ2v) is 3.90. The second-order valence-electron chi connectivity index (χ2n) is 3.90. The fourth-order valence-corrected chi connectivity index (χ4v) is 1.68. The summed E-state index contributed by atoms with van der Waals surface area (Å²) < 4.78 is 5.65. The van der Waals surface area contributed by atoms with Crippen molar-refractivity contribution in [2.75, 3.05) is 6.61 Å². The highest BCUT2D eigenvalue weighted by molar-refractivity contribution is 5.79. The molecule has 2 rings (SSSR count). The molecular formula is C15H15NO2. The van der Waals surface area contributed by atoms with Gasteiger partial charge in [0.1, 0.15) is 5.75 Å². The van der Waals surface area contributed by atoms with Crippen molar-refractivity contribution in [1.29, 1.82) is 0 Å². The minimum Gasteiger partial charge on any atom is -0.493 e. The lowest BCUT2D eigenvalue weighted by Gasteiger charge is -2.06. The summed E-state index contributed by atoms with van der Waals surface area (Å²) in [5, 5.41) is 11.5. The molecule has 1 N–H and O–H groups in total. The Morgan fingerprint density at radius 2 is 1.89 bits per heavy atom. The van der Waals surface area contributed by atoms with E-state index in [9.17, 15) is 0 Å². The predicted octanol–water partition coefficient (Wildman–Crippen LogP) is 3.12. The first-order chi connectivity index (χ1) is 8.88. The van der Waals surface area contributed by atoms with Crippen LogP contribution >= 0.6 is 0 Å². The third-order valence-corrected chi connectivity index (χ3v) is 2.57. The quantitative estimate of drug-likeness (QED) is 0.496. The van der Waals surface area contributed by atoms with Crippen molar-refractivity contribution in [2.45, 2.75) is 6.42 Å². The zero-order chi connectivity index (χ0) is 12.6. The highest BCUT2D eigenvalue weighted by Crippen LogP contribution is 2.12. The molecule has 0 saturated heterocycles. The highest BCUT2D eigenvalue weighted by Gasteiger charge is 1.96. The van der Waals surface area contributed by atoms with Crippen LogP contribution in [0.25, 0.3) is 0 Å². The molecule has 92 valence electrons. The second kappa shape index (κ2) is 6.45. The van der Waals surface area contributed by atoms with Gasteiger partial charge in [-0.1, -0.05) is 47.6 Å². The maximum atomic E-state index is 8.46. The molecule has 2 aromatic rings. The van der Waals surface area contributed by atoms with E-state index in [0.29, 0.717) is 6.61 Å². The van der Waals surface area contributed by atoms with Crippen molar-refractivity contribution in [3.8, 4) is 5.75 Å². The van der Waals surface area contributed by atoms with Gasteiger partial charge in [0.25, 0.3) is 0 Å². The molecule has 0 fully saturated rings. The van der Waals surface area contributed by atoms with E-state index >= 15 is 0 Å². The lowest BCUT2D eigenvalue weighted by molar-refractivity contribution is 0.320. The van der Waals surface area contributed by atoms with Crippen LogP contribution in [0.5, 0.6) is 5.75 Å². The number of nitrogens with zero attached hydrogens (tertiary/aromatic N) is 1. The molecule has 0 aromatic heterocycles. The van der Waals surface area contributed by atoms with Crippen molar-refractivity contribution >= 4 is 6.21 Å². The van der Waals surface area contributed by atoms with Crippen molar-refractivity contribution < 1.29 is 9.94 Å². The number of rotatable bonds is 5. The highest BCUT2D eigenvalue weighted by atomic mass is 16.5. The molecule has 0 atom stereocenters. The van der Waals surface area contributed by atoms with E-state index < -0.39 is 0 Å². The first kappa shape index (κ1) is 12.2. The van der Waals surface area contributed by atoms with E-state index in [-0.39, 0.29) is 0 Å².